The van der Waals surface area contributed by atoms with Crippen LogP contribution in [0.2, 0.25) is 10.0 Å². The molecule has 13 heteroatoms. The second kappa shape index (κ2) is 8.90. The quantitative estimate of drug-likeness (QED) is 0.220. The fourth-order valence-corrected chi connectivity index (χ4v) is 4.06. The Morgan fingerprint density at radius 3 is 2.52 bits per heavy atom. The molecule has 2 heterocycles. The van der Waals surface area contributed by atoms with Gasteiger partial charge in [0.15, 0.2) is 5.82 Å². The van der Waals surface area contributed by atoms with E-state index in [4.69, 9.17) is 33.0 Å². The molecule has 1 saturated heterocycles. The normalized spacial score (nSPS) is 16.6. The van der Waals surface area contributed by atoms with E-state index in [1.54, 1.807) is 6.07 Å². The fourth-order valence-electron chi connectivity index (χ4n) is 3.44. The van der Waals surface area contributed by atoms with Crippen LogP contribution in [-0.4, -0.2) is 38.2 Å². The number of amides is 3. The molecule has 1 aliphatic rings. The lowest BCUT2D eigenvalue weighted by atomic mass is 10.1. The standard InChI is InChI=1S/C20H15Cl2FN3O6P/c21-12-3-1-10(2-4-12)16(9-32-33(29,30)31)26-19(27)15(25-20(26)28)7-11-8-24-18-13(11)5-6-14(22)17(18)23/h1-8,16,24H,9H2,(H,25,28)(H2,29,30,31)/b15-7-. The lowest BCUT2D eigenvalue weighted by molar-refractivity contribution is -0.125. The molecule has 172 valence electrons. The largest absolute Gasteiger partial charge is 0.469 e. The summed E-state index contributed by atoms with van der Waals surface area (Å²) < 4.78 is 30.0. The zero-order chi connectivity index (χ0) is 23.9. The van der Waals surface area contributed by atoms with Crippen molar-refractivity contribution in [3.05, 3.63) is 75.3 Å². The van der Waals surface area contributed by atoms with Crippen LogP contribution in [0, 0.1) is 5.82 Å². The first-order valence-electron chi connectivity index (χ1n) is 9.32. The van der Waals surface area contributed by atoms with Crippen molar-refractivity contribution in [3.63, 3.8) is 0 Å². The fraction of sp³-hybridized carbons (Fsp3) is 0.100. The molecule has 33 heavy (non-hydrogen) atoms. The number of aromatic amines is 1. The number of rotatable bonds is 6. The van der Waals surface area contributed by atoms with Crippen LogP contribution >= 0.6 is 31.0 Å². The summed E-state index contributed by atoms with van der Waals surface area (Å²) in [6.07, 6.45) is 2.81. The van der Waals surface area contributed by atoms with Crippen LogP contribution in [0.3, 0.4) is 0 Å². The summed E-state index contributed by atoms with van der Waals surface area (Å²) in [6, 6.07) is 6.96. The van der Waals surface area contributed by atoms with Crippen molar-refractivity contribution in [1.82, 2.24) is 15.2 Å². The Hall–Kier alpha value is -2.72. The molecule has 0 radical (unpaired) electrons. The molecule has 4 N–H and O–H groups in total. The molecule has 1 atom stereocenters. The average Bonchev–Trinajstić information content (AvgIpc) is 3.27. The van der Waals surface area contributed by atoms with Gasteiger partial charge in [-0.05, 0) is 29.8 Å². The molecule has 3 aromatic rings. The molecule has 9 nitrogen and oxygen atoms in total. The van der Waals surface area contributed by atoms with Gasteiger partial charge in [-0.2, -0.15) is 0 Å². The summed E-state index contributed by atoms with van der Waals surface area (Å²) in [4.78, 5) is 47.5. The van der Waals surface area contributed by atoms with Gasteiger partial charge < -0.3 is 20.1 Å². The van der Waals surface area contributed by atoms with Gasteiger partial charge >= 0.3 is 13.9 Å². The molecule has 1 fully saturated rings. The topological polar surface area (TPSA) is 132 Å². The van der Waals surface area contributed by atoms with E-state index in [-0.39, 0.29) is 16.2 Å². The van der Waals surface area contributed by atoms with Crippen LogP contribution in [0.15, 0.2) is 48.3 Å². The minimum absolute atomic E-state index is 0.0733. The molecule has 4 rings (SSSR count). The van der Waals surface area contributed by atoms with Crippen LogP contribution in [-0.2, 0) is 13.9 Å². The third-order valence-corrected chi connectivity index (χ3v) is 5.98. The smallest absolute Gasteiger partial charge is 0.358 e. The lowest BCUT2D eigenvalue weighted by Crippen LogP contribution is -2.37. The van der Waals surface area contributed by atoms with E-state index in [0.29, 0.717) is 21.5 Å². The summed E-state index contributed by atoms with van der Waals surface area (Å²) in [6.45, 7) is -0.658. The third kappa shape index (κ3) is 4.81. The summed E-state index contributed by atoms with van der Waals surface area (Å²) in [5.74, 6) is -1.42. The number of nitrogens with one attached hydrogen (secondary N) is 2. The minimum Gasteiger partial charge on any atom is -0.358 e. The SMILES string of the molecule is O=C1N/C(=C\c2c[nH]c3c(F)c(Cl)ccc23)C(=O)N1C(COP(=O)(O)O)c1ccc(Cl)cc1. The number of hydrogen-bond donors (Lipinski definition) is 4. The number of aromatic nitrogens is 1. The molecule has 2 aromatic carbocycles. The highest BCUT2D eigenvalue weighted by molar-refractivity contribution is 7.46. The number of halogens is 3. The lowest BCUT2D eigenvalue weighted by Gasteiger charge is -2.25. The molecule has 1 aliphatic heterocycles. The molecule has 1 aromatic heterocycles. The van der Waals surface area contributed by atoms with Crippen molar-refractivity contribution in [3.8, 4) is 0 Å². The number of phosphoric ester groups is 1. The van der Waals surface area contributed by atoms with Gasteiger partial charge in [0.05, 0.1) is 23.2 Å². The van der Waals surface area contributed by atoms with Gasteiger partial charge in [0.1, 0.15) is 5.70 Å². The van der Waals surface area contributed by atoms with E-state index in [2.05, 4.69) is 14.8 Å². The molecule has 0 saturated carbocycles. The van der Waals surface area contributed by atoms with E-state index in [1.165, 1.54) is 42.6 Å². The van der Waals surface area contributed by atoms with Crippen LogP contribution in [0.5, 0.6) is 0 Å². The van der Waals surface area contributed by atoms with Crippen molar-refractivity contribution < 1.29 is 32.9 Å². The van der Waals surface area contributed by atoms with Crippen LogP contribution < -0.4 is 5.32 Å². The van der Waals surface area contributed by atoms with Gasteiger partial charge in [-0.3, -0.25) is 9.32 Å². The molecule has 3 amide bonds. The number of nitrogens with zero attached hydrogens (tertiary/aromatic N) is 1. The number of fused-ring (bicyclic) bond motifs is 1. The minimum atomic E-state index is -4.89. The van der Waals surface area contributed by atoms with Crippen molar-refractivity contribution in [2.24, 2.45) is 0 Å². The van der Waals surface area contributed by atoms with Crippen LogP contribution in [0.1, 0.15) is 17.2 Å². The van der Waals surface area contributed by atoms with Crippen molar-refractivity contribution in [1.29, 1.82) is 0 Å². The first-order valence-corrected chi connectivity index (χ1v) is 11.6. The van der Waals surface area contributed by atoms with E-state index in [0.717, 1.165) is 4.90 Å². The van der Waals surface area contributed by atoms with E-state index < -0.39 is 38.2 Å². The first-order chi connectivity index (χ1) is 15.5. The number of carbonyl (C=O) groups is 2. The second-order valence-electron chi connectivity index (χ2n) is 7.04. The van der Waals surface area contributed by atoms with Gasteiger partial charge in [-0.15, -0.1) is 0 Å². The van der Waals surface area contributed by atoms with Gasteiger partial charge in [-0.1, -0.05) is 41.4 Å². The number of phosphoric acid groups is 1. The van der Waals surface area contributed by atoms with Crippen molar-refractivity contribution >= 4 is 59.9 Å². The number of hydrogen-bond acceptors (Lipinski definition) is 4. The number of benzene rings is 2. The Balaban J connectivity index is 1.70. The van der Waals surface area contributed by atoms with Crippen molar-refractivity contribution in [2.75, 3.05) is 6.61 Å². The number of carbonyl (C=O) groups excluding carboxylic acids is 2. The zero-order valence-corrected chi connectivity index (χ0v) is 18.9. The Morgan fingerprint density at radius 1 is 1.15 bits per heavy atom. The highest BCUT2D eigenvalue weighted by Gasteiger charge is 2.40. The number of imide groups is 1. The molecule has 0 spiro atoms. The summed E-state index contributed by atoms with van der Waals surface area (Å²) in [7, 11) is -4.89. The molecule has 0 aliphatic carbocycles. The Morgan fingerprint density at radius 2 is 1.85 bits per heavy atom. The molecule has 0 bridgehead atoms. The Bertz CT molecular complexity index is 1340. The van der Waals surface area contributed by atoms with Gasteiger partial charge in [-0.25, -0.2) is 18.6 Å². The van der Waals surface area contributed by atoms with Crippen LogP contribution in [0.25, 0.3) is 17.0 Å². The molecule has 1 unspecified atom stereocenters. The second-order valence-corrected chi connectivity index (χ2v) is 9.13. The van der Waals surface area contributed by atoms with E-state index in [1.807, 2.05) is 0 Å². The maximum absolute atomic E-state index is 14.2. The Kier molecular flexibility index (Phi) is 6.32. The van der Waals surface area contributed by atoms with Crippen LogP contribution in [0.4, 0.5) is 9.18 Å². The molecular formula is C20H15Cl2FN3O6P. The van der Waals surface area contributed by atoms with E-state index >= 15 is 0 Å². The monoisotopic (exact) mass is 513 g/mol. The summed E-state index contributed by atoms with van der Waals surface area (Å²) in [5, 5.41) is 3.18. The third-order valence-electron chi connectivity index (χ3n) is 4.95. The van der Waals surface area contributed by atoms with Gasteiger partial charge in [0.25, 0.3) is 5.91 Å². The van der Waals surface area contributed by atoms with Crippen molar-refractivity contribution in [2.45, 2.75) is 6.04 Å². The summed E-state index contributed by atoms with van der Waals surface area (Å²) in [5.41, 5.74) is 0.797. The maximum Gasteiger partial charge on any atom is 0.469 e. The van der Waals surface area contributed by atoms with E-state index in [9.17, 15) is 18.5 Å². The highest BCUT2D eigenvalue weighted by atomic mass is 35.5. The Labute approximate surface area is 196 Å². The number of H-pyrrole nitrogens is 1. The predicted molar refractivity (Wildman–Crippen MR) is 119 cm³/mol. The maximum atomic E-state index is 14.2. The predicted octanol–water partition coefficient (Wildman–Crippen LogP) is 4.36. The first kappa shape index (κ1) is 23.4. The van der Waals surface area contributed by atoms with Gasteiger partial charge in [0, 0.05) is 22.2 Å². The molecular weight excluding hydrogens is 499 g/mol. The zero-order valence-electron chi connectivity index (χ0n) is 16.5. The summed E-state index contributed by atoms with van der Waals surface area (Å²) >= 11 is 11.7. The average molecular weight is 514 g/mol. The highest BCUT2D eigenvalue weighted by Crippen LogP contribution is 2.39. The van der Waals surface area contributed by atoms with Gasteiger partial charge in [0.2, 0.25) is 0 Å². The number of urea groups is 1.